The first kappa shape index (κ1) is 13.3. The Labute approximate surface area is 114 Å². The van der Waals surface area contributed by atoms with E-state index in [4.69, 9.17) is 21.4 Å². The van der Waals surface area contributed by atoms with E-state index in [1.807, 2.05) is 18.2 Å². The minimum atomic E-state index is -1.06. The van der Waals surface area contributed by atoms with Crippen LogP contribution in [0.2, 0.25) is 5.02 Å². The highest BCUT2D eigenvalue weighted by Gasteiger charge is 2.10. The van der Waals surface area contributed by atoms with Gasteiger partial charge in [-0.1, -0.05) is 29.8 Å². The first-order chi connectivity index (χ1) is 9.08. The first-order valence-electron chi connectivity index (χ1n) is 5.51. The summed E-state index contributed by atoms with van der Waals surface area (Å²) in [6.45, 7) is 1.82. The molecular formula is C13H11ClN2O3. The van der Waals surface area contributed by atoms with Crippen molar-refractivity contribution in [2.45, 2.75) is 13.5 Å². The van der Waals surface area contributed by atoms with E-state index in [1.54, 1.807) is 13.0 Å². The molecule has 98 valence electrons. The number of ether oxygens (including phenoxy) is 1. The number of benzene rings is 1. The van der Waals surface area contributed by atoms with Gasteiger partial charge < -0.3 is 9.84 Å². The maximum Gasteiger partial charge on any atom is 0.339 e. The molecule has 0 amide bonds. The summed E-state index contributed by atoms with van der Waals surface area (Å²) in [5, 5.41) is 9.46. The molecule has 0 saturated heterocycles. The number of carboxylic acids is 1. The van der Waals surface area contributed by atoms with E-state index >= 15 is 0 Å². The largest absolute Gasteiger partial charge is 0.478 e. The van der Waals surface area contributed by atoms with E-state index < -0.39 is 5.97 Å². The van der Waals surface area contributed by atoms with Crippen LogP contribution >= 0.6 is 11.6 Å². The molecule has 19 heavy (non-hydrogen) atoms. The fourth-order valence-corrected chi connectivity index (χ4v) is 1.67. The average Bonchev–Trinajstić information content (AvgIpc) is 2.37. The molecule has 0 aliphatic carbocycles. The zero-order chi connectivity index (χ0) is 13.8. The van der Waals surface area contributed by atoms with Gasteiger partial charge in [-0.15, -0.1) is 0 Å². The molecule has 0 saturated carbocycles. The van der Waals surface area contributed by atoms with Gasteiger partial charge in [0, 0.05) is 16.8 Å². The predicted octanol–water partition coefficient (Wildman–Crippen LogP) is 2.72. The molecule has 1 heterocycles. The highest BCUT2D eigenvalue weighted by atomic mass is 35.5. The van der Waals surface area contributed by atoms with Crippen molar-refractivity contribution in [3.05, 3.63) is 52.3 Å². The van der Waals surface area contributed by atoms with Crippen molar-refractivity contribution in [1.29, 1.82) is 0 Å². The third-order valence-corrected chi connectivity index (χ3v) is 2.87. The van der Waals surface area contributed by atoms with E-state index in [0.29, 0.717) is 10.7 Å². The highest BCUT2D eigenvalue weighted by molar-refractivity contribution is 6.31. The summed E-state index contributed by atoms with van der Waals surface area (Å²) >= 11 is 5.99. The van der Waals surface area contributed by atoms with Crippen LogP contribution in [0.4, 0.5) is 0 Å². The average molecular weight is 279 g/mol. The minimum absolute atomic E-state index is 0.0603. The van der Waals surface area contributed by atoms with Crippen molar-refractivity contribution in [2.75, 3.05) is 0 Å². The number of aryl methyl sites for hydroxylation is 1. The van der Waals surface area contributed by atoms with Gasteiger partial charge in [0.25, 0.3) is 0 Å². The molecule has 1 aromatic carbocycles. The van der Waals surface area contributed by atoms with Crippen molar-refractivity contribution >= 4 is 17.6 Å². The predicted molar refractivity (Wildman–Crippen MR) is 69.5 cm³/mol. The van der Waals surface area contributed by atoms with Crippen LogP contribution < -0.4 is 4.74 Å². The molecule has 0 atom stereocenters. The Balaban J connectivity index is 2.11. The second-order valence-electron chi connectivity index (χ2n) is 3.84. The standard InChI is InChI=1S/C13H11ClN2O3/c1-8-10(12(17)18)6-15-13(16-8)19-7-9-4-2-3-5-11(9)14/h2-6H,7H2,1H3,(H,17,18). The lowest BCUT2D eigenvalue weighted by Gasteiger charge is -2.07. The Morgan fingerprint density at radius 1 is 1.42 bits per heavy atom. The summed E-state index contributed by atoms with van der Waals surface area (Å²) in [5.41, 5.74) is 1.23. The number of halogens is 1. The number of rotatable bonds is 4. The van der Waals surface area contributed by atoms with Gasteiger partial charge >= 0.3 is 12.0 Å². The first-order valence-corrected chi connectivity index (χ1v) is 5.89. The number of hydrogen-bond acceptors (Lipinski definition) is 4. The topological polar surface area (TPSA) is 72.3 Å². The molecule has 0 radical (unpaired) electrons. The van der Waals surface area contributed by atoms with Gasteiger partial charge in [-0.2, -0.15) is 4.98 Å². The van der Waals surface area contributed by atoms with Crippen LogP contribution in [0.1, 0.15) is 21.6 Å². The Morgan fingerprint density at radius 2 is 2.16 bits per heavy atom. The number of aromatic nitrogens is 2. The zero-order valence-corrected chi connectivity index (χ0v) is 10.9. The Kier molecular flexibility index (Phi) is 3.97. The SMILES string of the molecule is Cc1nc(OCc2ccccc2Cl)ncc1C(=O)O. The molecule has 1 N–H and O–H groups in total. The van der Waals surface area contributed by atoms with Crippen molar-refractivity contribution in [2.24, 2.45) is 0 Å². The second-order valence-corrected chi connectivity index (χ2v) is 4.24. The summed E-state index contributed by atoms with van der Waals surface area (Å²) in [6.07, 6.45) is 1.23. The van der Waals surface area contributed by atoms with Crippen molar-refractivity contribution in [3.8, 4) is 6.01 Å². The molecule has 0 spiro atoms. The molecule has 0 unspecified atom stereocenters. The molecule has 1 aromatic heterocycles. The van der Waals surface area contributed by atoms with E-state index in [1.165, 1.54) is 6.20 Å². The maximum absolute atomic E-state index is 10.8. The van der Waals surface area contributed by atoms with Crippen LogP contribution in [0.15, 0.2) is 30.5 Å². The van der Waals surface area contributed by atoms with Crippen molar-refractivity contribution in [1.82, 2.24) is 9.97 Å². The number of nitrogens with zero attached hydrogens (tertiary/aromatic N) is 2. The number of carboxylic acid groups (broad SMARTS) is 1. The van der Waals surface area contributed by atoms with E-state index in [0.717, 1.165) is 5.56 Å². The fraction of sp³-hybridized carbons (Fsp3) is 0.154. The number of aromatic carboxylic acids is 1. The van der Waals surface area contributed by atoms with Gasteiger partial charge in [-0.05, 0) is 13.0 Å². The molecule has 0 bridgehead atoms. The van der Waals surface area contributed by atoms with Gasteiger partial charge in [0.1, 0.15) is 6.61 Å². The third kappa shape index (κ3) is 3.20. The summed E-state index contributed by atoms with van der Waals surface area (Å²) in [6, 6.07) is 7.40. The monoisotopic (exact) mass is 278 g/mol. The maximum atomic E-state index is 10.8. The van der Waals surface area contributed by atoms with E-state index in [2.05, 4.69) is 9.97 Å². The van der Waals surface area contributed by atoms with Crippen LogP contribution in [0.25, 0.3) is 0 Å². The van der Waals surface area contributed by atoms with Gasteiger partial charge in [-0.25, -0.2) is 9.78 Å². The van der Waals surface area contributed by atoms with Gasteiger partial charge in [-0.3, -0.25) is 0 Å². The molecule has 0 aliphatic heterocycles. The van der Waals surface area contributed by atoms with Crippen LogP contribution in [0.3, 0.4) is 0 Å². The molecular weight excluding hydrogens is 268 g/mol. The highest BCUT2D eigenvalue weighted by Crippen LogP contribution is 2.17. The molecule has 2 rings (SSSR count). The number of hydrogen-bond donors (Lipinski definition) is 1. The van der Waals surface area contributed by atoms with E-state index in [-0.39, 0.29) is 18.2 Å². The minimum Gasteiger partial charge on any atom is -0.478 e. The normalized spacial score (nSPS) is 10.2. The lowest BCUT2D eigenvalue weighted by molar-refractivity contribution is 0.0695. The van der Waals surface area contributed by atoms with Gasteiger partial charge in [0.15, 0.2) is 0 Å². The Bertz CT molecular complexity index is 617. The van der Waals surface area contributed by atoms with Crippen molar-refractivity contribution < 1.29 is 14.6 Å². The van der Waals surface area contributed by atoms with Gasteiger partial charge in [0.2, 0.25) is 0 Å². The van der Waals surface area contributed by atoms with E-state index in [9.17, 15) is 4.79 Å². The lowest BCUT2D eigenvalue weighted by Crippen LogP contribution is -2.06. The molecule has 5 nitrogen and oxygen atoms in total. The summed E-state index contributed by atoms with van der Waals surface area (Å²) < 4.78 is 5.39. The smallest absolute Gasteiger partial charge is 0.339 e. The zero-order valence-electron chi connectivity index (χ0n) is 10.1. The van der Waals surface area contributed by atoms with Crippen LogP contribution in [0.5, 0.6) is 6.01 Å². The Hall–Kier alpha value is -2.14. The molecule has 6 heteroatoms. The van der Waals surface area contributed by atoms with Gasteiger partial charge in [0.05, 0.1) is 11.3 Å². The lowest BCUT2D eigenvalue weighted by atomic mass is 10.2. The van der Waals surface area contributed by atoms with Crippen molar-refractivity contribution in [3.63, 3.8) is 0 Å². The Morgan fingerprint density at radius 3 is 2.79 bits per heavy atom. The summed E-state index contributed by atoms with van der Waals surface area (Å²) in [4.78, 5) is 18.6. The summed E-state index contributed by atoms with van der Waals surface area (Å²) in [7, 11) is 0. The molecule has 0 fully saturated rings. The summed E-state index contributed by atoms with van der Waals surface area (Å²) in [5.74, 6) is -1.06. The van der Waals surface area contributed by atoms with Crippen LogP contribution in [0, 0.1) is 6.92 Å². The molecule has 2 aromatic rings. The quantitative estimate of drug-likeness (QED) is 0.931. The fourth-order valence-electron chi connectivity index (χ4n) is 1.48. The third-order valence-electron chi connectivity index (χ3n) is 2.50. The van der Waals surface area contributed by atoms with Crippen LogP contribution in [-0.4, -0.2) is 21.0 Å². The second kappa shape index (κ2) is 5.67. The van der Waals surface area contributed by atoms with Crippen LogP contribution in [-0.2, 0) is 6.61 Å². The molecule has 0 aliphatic rings. The number of carbonyl (C=O) groups is 1.